The molecule has 0 spiro atoms. The van der Waals surface area contributed by atoms with Gasteiger partial charge in [-0.15, -0.1) is 6.42 Å². The number of rotatable bonds is 7. The van der Waals surface area contributed by atoms with Crippen LogP contribution in [0.2, 0.25) is 0 Å². The van der Waals surface area contributed by atoms with Crippen LogP contribution in [0, 0.1) is 19.3 Å². The van der Waals surface area contributed by atoms with Crippen LogP contribution < -0.4 is 15.4 Å². The smallest absolute Gasteiger partial charge is 0.261 e. The van der Waals surface area contributed by atoms with Gasteiger partial charge in [0.2, 0.25) is 0 Å². The van der Waals surface area contributed by atoms with Gasteiger partial charge in [0.25, 0.3) is 5.91 Å². The van der Waals surface area contributed by atoms with Gasteiger partial charge in [0.15, 0.2) is 5.76 Å². The third-order valence-corrected chi connectivity index (χ3v) is 4.00. The Morgan fingerprint density at radius 2 is 1.86 bits per heavy atom. The van der Waals surface area contributed by atoms with E-state index in [4.69, 9.17) is 15.7 Å². The van der Waals surface area contributed by atoms with E-state index in [-0.39, 0.29) is 5.91 Å². The van der Waals surface area contributed by atoms with E-state index in [1.165, 1.54) is 0 Å². The van der Waals surface area contributed by atoms with Gasteiger partial charge in [0.1, 0.15) is 11.3 Å². The molecule has 0 atom stereocenters. The topological polar surface area (TPSA) is 76.4 Å². The molecule has 0 aliphatic carbocycles. The number of terminal acetylenes is 1. The molecule has 6 nitrogen and oxygen atoms in total. The van der Waals surface area contributed by atoms with Crippen LogP contribution in [0.25, 0.3) is 5.57 Å². The number of aryl methyl sites for hydroxylation is 1. The number of benzene rings is 2. The maximum Gasteiger partial charge on any atom is 0.261 e. The van der Waals surface area contributed by atoms with Crippen LogP contribution in [0.1, 0.15) is 23.9 Å². The molecule has 1 amide bonds. The second-order valence-corrected chi connectivity index (χ2v) is 6.17. The number of hydrogen-bond acceptors (Lipinski definition) is 5. The van der Waals surface area contributed by atoms with E-state index in [2.05, 4.69) is 21.7 Å². The van der Waals surface area contributed by atoms with Crippen molar-refractivity contribution in [2.45, 2.75) is 13.8 Å². The fourth-order valence-electron chi connectivity index (χ4n) is 2.56. The van der Waals surface area contributed by atoms with E-state index in [0.717, 1.165) is 17.0 Å². The van der Waals surface area contributed by atoms with Gasteiger partial charge in [-0.05, 0) is 62.4 Å². The van der Waals surface area contributed by atoms with Crippen LogP contribution >= 0.6 is 0 Å². The molecular weight excluding hydrogens is 366 g/mol. The highest BCUT2D eigenvalue weighted by atomic mass is 16.5. The summed E-state index contributed by atoms with van der Waals surface area (Å²) in [5.74, 6) is 3.34. The van der Waals surface area contributed by atoms with Crippen molar-refractivity contribution >= 4 is 22.9 Å². The van der Waals surface area contributed by atoms with Crippen molar-refractivity contribution in [2.75, 3.05) is 17.2 Å². The zero-order valence-electron chi connectivity index (χ0n) is 16.2. The molecule has 1 heterocycles. The first kappa shape index (κ1) is 19.8. The third kappa shape index (κ3) is 5.27. The molecule has 3 rings (SSSR count). The molecule has 146 valence electrons. The highest BCUT2D eigenvalue weighted by molar-refractivity contribution is 6.24. The quantitative estimate of drug-likeness (QED) is 0.463. The zero-order valence-corrected chi connectivity index (χ0v) is 16.2. The van der Waals surface area contributed by atoms with Crippen molar-refractivity contribution in [3.05, 3.63) is 77.8 Å². The van der Waals surface area contributed by atoms with E-state index >= 15 is 0 Å². The van der Waals surface area contributed by atoms with Crippen molar-refractivity contribution in [2.24, 2.45) is 0 Å². The lowest BCUT2D eigenvalue weighted by molar-refractivity contribution is -0.111. The summed E-state index contributed by atoms with van der Waals surface area (Å²) in [7, 11) is 0. The Hall–Kier alpha value is -3.98. The summed E-state index contributed by atoms with van der Waals surface area (Å²) in [6, 6.07) is 16.1. The van der Waals surface area contributed by atoms with E-state index < -0.39 is 0 Å². The van der Waals surface area contributed by atoms with Crippen molar-refractivity contribution < 1.29 is 14.1 Å². The summed E-state index contributed by atoms with van der Waals surface area (Å²) in [5, 5.41) is 9.83. The average molecular weight is 387 g/mol. The molecule has 1 aromatic heterocycles. The summed E-state index contributed by atoms with van der Waals surface area (Å²) in [5.41, 5.74) is 3.14. The number of carbonyl (C=O) groups is 1. The van der Waals surface area contributed by atoms with Crippen LogP contribution in [0.15, 0.2) is 65.3 Å². The SMILES string of the molecule is C#Cc1ccc(NC(=O)C(=CNc2ccc(OCC)cc2)c2cc(C)no2)cc1. The van der Waals surface area contributed by atoms with Crippen molar-refractivity contribution in [1.29, 1.82) is 0 Å². The van der Waals surface area contributed by atoms with Gasteiger partial charge in [-0.3, -0.25) is 4.79 Å². The molecule has 0 saturated carbocycles. The maximum atomic E-state index is 12.9. The first-order valence-corrected chi connectivity index (χ1v) is 9.10. The van der Waals surface area contributed by atoms with Gasteiger partial charge in [-0.1, -0.05) is 11.1 Å². The number of anilines is 2. The molecule has 6 heteroatoms. The van der Waals surface area contributed by atoms with Crippen molar-refractivity contribution in [1.82, 2.24) is 5.16 Å². The van der Waals surface area contributed by atoms with Gasteiger partial charge in [0, 0.05) is 29.2 Å². The van der Waals surface area contributed by atoms with Gasteiger partial charge in [-0.2, -0.15) is 0 Å². The van der Waals surface area contributed by atoms with Crippen LogP contribution in [0.4, 0.5) is 11.4 Å². The predicted octanol–water partition coefficient (Wildman–Crippen LogP) is 4.45. The molecule has 2 N–H and O–H groups in total. The van der Waals surface area contributed by atoms with Crippen LogP contribution in [-0.4, -0.2) is 17.7 Å². The van der Waals surface area contributed by atoms with Gasteiger partial charge < -0.3 is 19.9 Å². The minimum absolute atomic E-state index is 0.306. The molecule has 0 aliphatic heterocycles. The Morgan fingerprint density at radius 3 is 2.45 bits per heavy atom. The number of aromatic nitrogens is 1. The molecule has 0 bridgehead atoms. The minimum Gasteiger partial charge on any atom is -0.494 e. The van der Waals surface area contributed by atoms with Gasteiger partial charge in [-0.25, -0.2) is 0 Å². The highest BCUT2D eigenvalue weighted by Crippen LogP contribution is 2.21. The lowest BCUT2D eigenvalue weighted by Gasteiger charge is -2.09. The van der Waals surface area contributed by atoms with E-state index in [9.17, 15) is 4.79 Å². The second-order valence-electron chi connectivity index (χ2n) is 6.17. The summed E-state index contributed by atoms with van der Waals surface area (Å²) in [6.45, 7) is 4.32. The number of ether oxygens (including phenoxy) is 1. The summed E-state index contributed by atoms with van der Waals surface area (Å²) >= 11 is 0. The first-order valence-electron chi connectivity index (χ1n) is 9.10. The lowest BCUT2D eigenvalue weighted by Crippen LogP contribution is -2.14. The normalized spacial score (nSPS) is 10.9. The van der Waals surface area contributed by atoms with Crippen LogP contribution in [0.5, 0.6) is 5.75 Å². The number of hydrogen-bond donors (Lipinski definition) is 2. The number of nitrogens with zero attached hydrogens (tertiary/aromatic N) is 1. The Bertz CT molecular complexity index is 1040. The fourth-order valence-corrected chi connectivity index (χ4v) is 2.56. The van der Waals surface area contributed by atoms with E-state index in [0.29, 0.717) is 29.3 Å². The Labute approximate surface area is 169 Å². The molecule has 0 unspecified atom stereocenters. The Morgan fingerprint density at radius 1 is 1.17 bits per heavy atom. The third-order valence-electron chi connectivity index (χ3n) is 4.00. The van der Waals surface area contributed by atoms with Crippen LogP contribution in [-0.2, 0) is 4.79 Å². The molecular formula is C23H21N3O3. The van der Waals surface area contributed by atoms with E-state index in [1.54, 1.807) is 43.5 Å². The largest absolute Gasteiger partial charge is 0.494 e. The number of carbonyl (C=O) groups excluding carboxylic acids is 1. The molecule has 2 aromatic carbocycles. The van der Waals surface area contributed by atoms with Crippen molar-refractivity contribution in [3.63, 3.8) is 0 Å². The molecule has 0 aliphatic rings. The molecule has 29 heavy (non-hydrogen) atoms. The summed E-state index contributed by atoms with van der Waals surface area (Å²) < 4.78 is 10.7. The van der Waals surface area contributed by atoms with Crippen molar-refractivity contribution in [3.8, 4) is 18.1 Å². The average Bonchev–Trinajstić information content (AvgIpc) is 3.16. The Kier molecular flexibility index (Phi) is 6.33. The monoisotopic (exact) mass is 387 g/mol. The molecule has 0 fully saturated rings. The van der Waals surface area contributed by atoms with Crippen LogP contribution in [0.3, 0.4) is 0 Å². The molecule has 3 aromatic rings. The Balaban J connectivity index is 1.80. The maximum absolute atomic E-state index is 12.9. The predicted molar refractivity (Wildman–Crippen MR) is 113 cm³/mol. The zero-order chi connectivity index (χ0) is 20.6. The highest BCUT2D eigenvalue weighted by Gasteiger charge is 2.17. The fraction of sp³-hybridized carbons (Fsp3) is 0.130. The summed E-state index contributed by atoms with van der Waals surface area (Å²) in [4.78, 5) is 12.9. The molecule has 0 saturated heterocycles. The second kappa shape index (κ2) is 9.29. The molecule has 0 radical (unpaired) electrons. The first-order chi connectivity index (χ1) is 14.1. The van der Waals surface area contributed by atoms with Gasteiger partial charge in [0.05, 0.1) is 12.3 Å². The lowest BCUT2D eigenvalue weighted by atomic mass is 10.1. The van der Waals surface area contributed by atoms with E-state index in [1.807, 2.05) is 31.2 Å². The summed E-state index contributed by atoms with van der Waals surface area (Å²) in [6.07, 6.45) is 6.95. The standard InChI is InChI=1S/C23H21N3O3/c1-4-17-6-8-19(9-7-17)25-23(27)21(22-14-16(3)26-29-22)15-24-18-10-12-20(13-11-18)28-5-2/h1,6-15,24H,5H2,2-3H3,(H,25,27). The van der Waals surface area contributed by atoms with Gasteiger partial charge >= 0.3 is 0 Å². The number of nitrogens with one attached hydrogen (secondary N) is 2. The minimum atomic E-state index is -0.340. The number of amides is 1.